The monoisotopic (exact) mass is 266 g/mol. The molecular weight excluding hydrogens is 244 g/mol. The van der Waals surface area contributed by atoms with Crippen molar-refractivity contribution in [1.82, 2.24) is 20.4 Å². The van der Waals surface area contributed by atoms with E-state index in [4.69, 9.17) is 0 Å². The van der Waals surface area contributed by atoms with Crippen LogP contribution in [0.1, 0.15) is 19.8 Å². The van der Waals surface area contributed by atoms with Crippen LogP contribution < -0.4 is 10.6 Å². The van der Waals surface area contributed by atoms with Crippen LogP contribution in [-0.4, -0.2) is 66.5 Å². The Balaban J connectivity index is 1.63. The third-order valence-corrected chi connectivity index (χ3v) is 4.58. The standard InChI is InChI=1S/C13H22N4O2/c1-9-3-2-4-14-11(9)12(18)16-5-6-17-10(8-16)7-15-13(17)19/h9-11,14H,2-8H2,1H3,(H,15,19). The lowest BCUT2D eigenvalue weighted by Gasteiger charge is -2.40. The van der Waals surface area contributed by atoms with Gasteiger partial charge in [-0.3, -0.25) is 4.79 Å². The van der Waals surface area contributed by atoms with E-state index in [1.165, 1.54) is 0 Å². The van der Waals surface area contributed by atoms with Crippen molar-refractivity contribution in [3.8, 4) is 0 Å². The summed E-state index contributed by atoms with van der Waals surface area (Å²) in [5.74, 6) is 0.619. The van der Waals surface area contributed by atoms with E-state index in [0.717, 1.165) is 19.4 Å². The number of carbonyl (C=O) groups is 2. The minimum Gasteiger partial charge on any atom is -0.337 e. The van der Waals surface area contributed by atoms with Gasteiger partial charge in [0.05, 0.1) is 12.1 Å². The van der Waals surface area contributed by atoms with E-state index in [1.807, 2.05) is 9.80 Å². The lowest BCUT2D eigenvalue weighted by Crippen LogP contribution is -2.59. The molecule has 3 atom stereocenters. The Morgan fingerprint density at radius 3 is 3.00 bits per heavy atom. The van der Waals surface area contributed by atoms with Crippen LogP contribution in [0.4, 0.5) is 4.79 Å². The first-order chi connectivity index (χ1) is 9.16. The van der Waals surface area contributed by atoms with Gasteiger partial charge >= 0.3 is 6.03 Å². The molecule has 3 saturated heterocycles. The summed E-state index contributed by atoms with van der Waals surface area (Å²) in [6.07, 6.45) is 2.27. The highest BCUT2D eigenvalue weighted by Crippen LogP contribution is 2.20. The summed E-state index contributed by atoms with van der Waals surface area (Å²) in [7, 11) is 0. The van der Waals surface area contributed by atoms with Gasteiger partial charge < -0.3 is 20.4 Å². The molecule has 3 heterocycles. The molecule has 0 aromatic carbocycles. The highest BCUT2D eigenvalue weighted by molar-refractivity contribution is 5.83. The normalized spacial score (nSPS) is 35.0. The average molecular weight is 266 g/mol. The van der Waals surface area contributed by atoms with E-state index in [-0.39, 0.29) is 24.0 Å². The van der Waals surface area contributed by atoms with E-state index in [2.05, 4.69) is 17.6 Å². The van der Waals surface area contributed by atoms with Crippen molar-refractivity contribution in [3.05, 3.63) is 0 Å². The topological polar surface area (TPSA) is 64.7 Å². The Bertz CT molecular complexity index is 387. The van der Waals surface area contributed by atoms with Crippen molar-refractivity contribution in [2.75, 3.05) is 32.7 Å². The van der Waals surface area contributed by atoms with E-state index in [0.29, 0.717) is 32.1 Å². The number of nitrogens with one attached hydrogen (secondary N) is 2. The fourth-order valence-electron chi connectivity index (χ4n) is 3.38. The molecule has 106 valence electrons. The first-order valence-electron chi connectivity index (χ1n) is 7.23. The number of fused-ring (bicyclic) bond motifs is 1. The molecule has 3 unspecified atom stereocenters. The van der Waals surface area contributed by atoms with E-state index in [1.54, 1.807) is 0 Å². The predicted molar refractivity (Wildman–Crippen MR) is 70.7 cm³/mol. The van der Waals surface area contributed by atoms with Gasteiger partial charge in [0.25, 0.3) is 0 Å². The Labute approximate surface area is 113 Å². The molecule has 6 heteroatoms. The third-order valence-electron chi connectivity index (χ3n) is 4.58. The third kappa shape index (κ3) is 2.29. The quantitative estimate of drug-likeness (QED) is 0.679. The smallest absolute Gasteiger partial charge is 0.317 e. The van der Waals surface area contributed by atoms with Gasteiger partial charge in [0.1, 0.15) is 0 Å². The summed E-state index contributed by atoms with van der Waals surface area (Å²) in [5.41, 5.74) is 0. The maximum absolute atomic E-state index is 12.6. The van der Waals surface area contributed by atoms with Gasteiger partial charge in [-0.1, -0.05) is 6.92 Å². The first-order valence-corrected chi connectivity index (χ1v) is 7.23. The Hall–Kier alpha value is -1.30. The van der Waals surface area contributed by atoms with Crippen LogP contribution in [0.2, 0.25) is 0 Å². The van der Waals surface area contributed by atoms with Crippen molar-refractivity contribution in [1.29, 1.82) is 0 Å². The second kappa shape index (κ2) is 5.00. The Kier molecular flexibility index (Phi) is 3.35. The van der Waals surface area contributed by atoms with Crippen LogP contribution in [0.25, 0.3) is 0 Å². The molecule has 0 radical (unpaired) electrons. The van der Waals surface area contributed by atoms with Crippen LogP contribution in [0.3, 0.4) is 0 Å². The molecular formula is C13H22N4O2. The molecule has 0 bridgehead atoms. The van der Waals surface area contributed by atoms with Crippen LogP contribution in [0, 0.1) is 5.92 Å². The molecule has 3 rings (SSSR count). The summed E-state index contributed by atoms with van der Waals surface area (Å²) in [5, 5.41) is 6.19. The number of hydrogen-bond donors (Lipinski definition) is 2. The van der Waals surface area contributed by atoms with Crippen LogP contribution in [0.5, 0.6) is 0 Å². The summed E-state index contributed by atoms with van der Waals surface area (Å²) in [6.45, 7) is 5.73. The molecule has 3 amide bonds. The SMILES string of the molecule is CC1CCCNC1C(=O)N1CCN2C(=O)NCC2C1. The van der Waals surface area contributed by atoms with Crippen molar-refractivity contribution in [2.45, 2.75) is 31.8 Å². The Morgan fingerprint density at radius 1 is 1.37 bits per heavy atom. The van der Waals surface area contributed by atoms with Crippen molar-refractivity contribution in [2.24, 2.45) is 5.92 Å². The average Bonchev–Trinajstić information content (AvgIpc) is 2.80. The molecule has 0 aromatic rings. The molecule has 3 fully saturated rings. The molecule has 0 spiro atoms. The van der Waals surface area contributed by atoms with Gasteiger partial charge in [0.2, 0.25) is 5.91 Å². The fourth-order valence-corrected chi connectivity index (χ4v) is 3.38. The van der Waals surface area contributed by atoms with E-state index in [9.17, 15) is 9.59 Å². The Morgan fingerprint density at radius 2 is 2.21 bits per heavy atom. The zero-order valence-electron chi connectivity index (χ0n) is 11.4. The minimum atomic E-state index is -0.0367. The number of urea groups is 1. The zero-order chi connectivity index (χ0) is 13.4. The van der Waals surface area contributed by atoms with Crippen LogP contribution in [0.15, 0.2) is 0 Å². The zero-order valence-corrected chi connectivity index (χ0v) is 11.4. The van der Waals surface area contributed by atoms with E-state index < -0.39 is 0 Å². The number of amides is 3. The van der Waals surface area contributed by atoms with Crippen molar-refractivity contribution in [3.63, 3.8) is 0 Å². The maximum Gasteiger partial charge on any atom is 0.317 e. The van der Waals surface area contributed by atoms with Crippen LogP contribution in [-0.2, 0) is 4.79 Å². The molecule has 6 nitrogen and oxygen atoms in total. The molecule has 3 aliphatic heterocycles. The number of piperazine rings is 1. The first kappa shape index (κ1) is 12.7. The van der Waals surface area contributed by atoms with Gasteiger partial charge in [0, 0.05) is 26.2 Å². The molecule has 0 saturated carbocycles. The number of nitrogens with zero attached hydrogens (tertiary/aromatic N) is 2. The van der Waals surface area contributed by atoms with Gasteiger partial charge in [-0.25, -0.2) is 4.79 Å². The largest absolute Gasteiger partial charge is 0.337 e. The maximum atomic E-state index is 12.6. The van der Waals surface area contributed by atoms with E-state index >= 15 is 0 Å². The molecule has 2 N–H and O–H groups in total. The number of carbonyl (C=O) groups excluding carboxylic acids is 2. The summed E-state index contributed by atoms with van der Waals surface area (Å²) < 4.78 is 0. The van der Waals surface area contributed by atoms with Gasteiger partial charge in [-0.2, -0.15) is 0 Å². The molecule has 0 aromatic heterocycles. The summed E-state index contributed by atoms with van der Waals surface area (Å²) >= 11 is 0. The summed E-state index contributed by atoms with van der Waals surface area (Å²) in [6, 6.07) is 0.135. The number of piperidine rings is 1. The minimum absolute atomic E-state index is 0.0151. The molecule has 3 aliphatic rings. The fraction of sp³-hybridized carbons (Fsp3) is 0.846. The number of rotatable bonds is 1. The van der Waals surface area contributed by atoms with Crippen molar-refractivity contribution < 1.29 is 9.59 Å². The van der Waals surface area contributed by atoms with Gasteiger partial charge in [-0.05, 0) is 25.3 Å². The van der Waals surface area contributed by atoms with Gasteiger partial charge in [-0.15, -0.1) is 0 Å². The van der Waals surface area contributed by atoms with Crippen LogP contribution >= 0.6 is 0 Å². The number of hydrogen-bond acceptors (Lipinski definition) is 3. The second-order valence-corrected chi connectivity index (χ2v) is 5.87. The van der Waals surface area contributed by atoms with Crippen molar-refractivity contribution >= 4 is 11.9 Å². The second-order valence-electron chi connectivity index (χ2n) is 5.87. The molecule has 19 heavy (non-hydrogen) atoms. The molecule has 0 aliphatic carbocycles. The highest BCUT2D eigenvalue weighted by atomic mass is 16.2. The predicted octanol–water partition coefficient (Wildman–Crippen LogP) is -0.389. The lowest BCUT2D eigenvalue weighted by molar-refractivity contribution is -0.137. The summed E-state index contributed by atoms with van der Waals surface area (Å²) in [4.78, 5) is 27.9. The van der Waals surface area contributed by atoms with Gasteiger partial charge in [0.15, 0.2) is 0 Å². The lowest BCUT2D eigenvalue weighted by atomic mass is 9.91. The highest BCUT2D eigenvalue weighted by Gasteiger charge is 2.39.